The van der Waals surface area contributed by atoms with Gasteiger partial charge in [0.1, 0.15) is 5.82 Å². The number of likely N-dealkylation sites (tertiary alicyclic amines) is 1. The molecule has 0 saturated carbocycles. The molecule has 1 aromatic rings. The van der Waals surface area contributed by atoms with Crippen LogP contribution in [-0.4, -0.2) is 35.6 Å². The van der Waals surface area contributed by atoms with E-state index < -0.39 is 0 Å². The molecule has 4 nitrogen and oxygen atoms in total. The van der Waals surface area contributed by atoms with Crippen molar-refractivity contribution in [3.8, 4) is 6.07 Å². The van der Waals surface area contributed by atoms with Crippen LogP contribution in [0.25, 0.3) is 0 Å². The van der Waals surface area contributed by atoms with Gasteiger partial charge in [0.25, 0.3) is 0 Å². The quantitative estimate of drug-likeness (QED) is 0.881. The number of rotatable bonds is 5. The Labute approximate surface area is 115 Å². The van der Waals surface area contributed by atoms with Crippen molar-refractivity contribution >= 4 is 5.82 Å². The Morgan fingerprint density at radius 3 is 3.16 bits per heavy atom. The molecule has 2 atom stereocenters. The predicted octanol–water partition coefficient (Wildman–Crippen LogP) is 2.43. The van der Waals surface area contributed by atoms with E-state index in [0.717, 1.165) is 31.1 Å². The first kappa shape index (κ1) is 13.8. The summed E-state index contributed by atoms with van der Waals surface area (Å²) in [6.07, 6.45) is 1.83. The van der Waals surface area contributed by atoms with Gasteiger partial charge in [-0.2, -0.15) is 5.26 Å². The van der Waals surface area contributed by atoms with Crippen molar-refractivity contribution in [2.45, 2.75) is 32.7 Å². The van der Waals surface area contributed by atoms with Crippen LogP contribution in [0.3, 0.4) is 0 Å². The van der Waals surface area contributed by atoms with Crippen molar-refractivity contribution in [2.75, 3.05) is 25.0 Å². The van der Waals surface area contributed by atoms with E-state index in [1.807, 2.05) is 25.1 Å². The molecular formula is C15H22N4. The molecule has 0 bridgehead atoms. The third-order valence-electron chi connectivity index (χ3n) is 3.79. The van der Waals surface area contributed by atoms with Crippen LogP contribution in [0.4, 0.5) is 5.82 Å². The highest BCUT2D eigenvalue weighted by atomic mass is 15.2. The zero-order chi connectivity index (χ0) is 13.7. The van der Waals surface area contributed by atoms with Crippen molar-refractivity contribution < 1.29 is 0 Å². The lowest BCUT2D eigenvalue weighted by atomic mass is 10.1. The number of nitriles is 1. The molecular weight excluding hydrogens is 236 g/mol. The summed E-state index contributed by atoms with van der Waals surface area (Å²) in [5.41, 5.74) is 1.04. The number of hydrogen-bond acceptors (Lipinski definition) is 4. The number of nitrogens with one attached hydrogen (secondary N) is 1. The predicted molar refractivity (Wildman–Crippen MR) is 76.8 cm³/mol. The van der Waals surface area contributed by atoms with Gasteiger partial charge in [-0.1, -0.05) is 6.07 Å². The molecule has 0 radical (unpaired) electrons. The first-order valence-electron chi connectivity index (χ1n) is 6.97. The van der Waals surface area contributed by atoms with Gasteiger partial charge >= 0.3 is 0 Å². The number of hydrogen-bond donors (Lipinski definition) is 1. The maximum atomic E-state index is 8.74. The van der Waals surface area contributed by atoms with Crippen molar-refractivity contribution in [1.29, 1.82) is 5.26 Å². The Bertz CT molecular complexity index is 452. The maximum absolute atomic E-state index is 8.74. The van der Waals surface area contributed by atoms with Gasteiger partial charge in [0.15, 0.2) is 0 Å². The minimum Gasteiger partial charge on any atom is -0.370 e. The molecule has 1 aliphatic rings. The van der Waals surface area contributed by atoms with E-state index in [1.54, 1.807) is 0 Å². The molecule has 0 unspecified atom stereocenters. The van der Waals surface area contributed by atoms with Gasteiger partial charge in [-0.05, 0) is 44.9 Å². The fourth-order valence-corrected chi connectivity index (χ4v) is 2.58. The molecule has 4 heteroatoms. The third kappa shape index (κ3) is 3.93. The highest BCUT2D eigenvalue weighted by Gasteiger charge is 2.25. The Balaban J connectivity index is 1.78. The first-order valence-corrected chi connectivity index (χ1v) is 6.97. The van der Waals surface area contributed by atoms with E-state index in [9.17, 15) is 0 Å². The summed E-state index contributed by atoms with van der Waals surface area (Å²) >= 11 is 0. The van der Waals surface area contributed by atoms with E-state index in [2.05, 4.69) is 28.2 Å². The molecule has 0 spiro atoms. The van der Waals surface area contributed by atoms with Crippen LogP contribution in [0.2, 0.25) is 0 Å². The van der Waals surface area contributed by atoms with Crippen LogP contribution in [0.5, 0.6) is 0 Å². The molecule has 102 valence electrons. The summed E-state index contributed by atoms with van der Waals surface area (Å²) < 4.78 is 0. The average molecular weight is 258 g/mol. The van der Waals surface area contributed by atoms with Crippen LogP contribution in [-0.2, 0) is 0 Å². The van der Waals surface area contributed by atoms with Crippen molar-refractivity contribution in [3.63, 3.8) is 0 Å². The number of pyridine rings is 1. The van der Waals surface area contributed by atoms with E-state index in [4.69, 9.17) is 5.26 Å². The highest BCUT2D eigenvalue weighted by molar-refractivity contribution is 5.35. The molecule has 2 rings (SSSR count). The number of aryl methyl sites for hydroxylation is 1. The Kier molecular flexibility index (Phi) is 4.75. The van der Waals surface area contributed by atoms with Crippen LogP contribution < -0.4 is 5.32 Å². The zero-order valence-corrected chi connectivity index (χ0v) is 11.8. The fraction of sp³-hybridized carbons (Fsp3) is 0.600. The Morgan fingerprint density at radius 2 is 2.42 bits per heavy atom. The Morgan fingerprint density at radius 1 is 1.58 bits per heavy atom. The summed E-state index contributed by atoms with van der Waals surface area (Å²) in [4.78, 5) is 6.87. The summed E-state index contributed by atoms with van der Waals surface area (Å²) in [5.74, 6) is 1.62. The molecule has 1 aliphatic heterocycles. The largest absolute Gasteiger partial charge is 0.370 e. The normalized spacial score (nSPS) is 21.0. The van der Waals surface area contributed by atoms with E-state index in [-0.39, 0.29) is 0 Å². The van der Waals surface area contributed by atoms with Gasteiger partial charge < -0.3 is 5.32 Å². The molecule has 1 saturated heterocycles. The van der Waals surface area contributed by atoms with Crippen LogP contribution in [0.15, 0.2) is 18.2 Å². The SMILES string of the molecule is Cc1cccc(NC[C@@H]2CCN([C@@H](C)CC#N)C2)n1. The summed E-state index contributed by atoms with van der Waals surface area (Å²) in [5, 5.41) is 12.2. The second-order valence-electron chi connectivity index (χ2n) is 5.41. The minimum atomic E-state index is 0.382. The van der Waals surface area contributed by atoms with Crippen LogP contribution in [0.1, 0.15) is 25.5 Å². The lowest BCUT2D eigenvalue weighted by Gasteiger charge is -2.22. The van der Waals surface area contributed by atoms with Crippen molar-refractivity contribution in [2.24, 2.45) is 5.92 Å². The minimum absolute atomic E-state index is 0.382. The Hall–Kier alpha value is -1.60. The molecule has 2 heterocycles. The first-order chi connectivity index (χ1) is 9.19. The zero-order valence-electron chi connectivity index (χ0n) is 11.8. The lowest BCUT2D eigenvalue weighted by Crippen LogP contribution is -2.31. The lowest BCUT2D eigenvalue weighted by molar-refractivity contribution is 0.253. The molecule has 1 fully saturated rings. The van der Waals surface area contributed by atoms with Gasteiger partial charge in [0, 0.05) is 24.8 Å². The molecule has 1 N–H and O–H groups in total. The van der Waals surface area contributed by atoms with E-state index in [0.29, 0.717) is 18.4 Å². The number of nitrogens with zero attached hydrogens (tertiary/aromatic N) is 3. The summed E-state index contributed by atoms with van der Waals surface area (Å²) in [7, 11) is 0. The van der Waals surface area contributed by atoms with E-state index >= 15 is 0 Å². The number of anilines is 1. The average Bonchev–Trinajstić information content (AvgIpc) is 2.86. The van der Waals surface area contributed by atoms with Gasteiger partial charge in [0.05, 0.1) is 12.5 Å². The third-order valence-corrected chi connectivity index (χ3v) is 3.79. The van der Waals surface area contributed by atoms with Crippen LogP contribution in [0, 0.1) is 24.2 Å². The molecule has 0 amide bonds. The van der Waals surface area contributed by atoms with Gasteiger partial charge in [-0.3, -0.25) is 4.90 Å². The van der Waals surface area contributed by atoms with Crippen molar-refractivity contribution in [1.82, 2.24) is 9.88 Å². The summed E-state index contributed by atoms with van der Waals surface area (Å²) in [6, 6.07) is 8.68. The van der Waals surface area contributed by atoms with E-state index in [1.165, 1.54) is 6.42 Å². The van der Waals surface area contributed by atoms with Gasteiger partial charge in [-0.25, -0.2) is 4.98 Å². The topological polar surface area (TPSA) is 52.0 Å². The second-order valence-corrected chi connectivity index (χ2v) is 5.41. The maximum Gasteiger partial charge on any atom is 0.126 e. The smallest absolute Gasteiger partial charge is 0.126 e. The summed E-state index contributed by atoms with van der Waals surface area (Å²) in [6.45, 7) is 7.30. The van der Waals surface area contributed by atoms with Gasteiger partial charge in [0.2, 0.25) is 0 Å². The monoisotopic (exact) mass is 258 g/mol. The second kappa shape index (κ2) is 6.53. The molecule has 0 aliphatic carbocycles. The molecule has 1 aromatic heterocycles. The number of aromatic nitrogens is 1. The fourth-order valence-electron chi connectivity index (χ4n) is 2.58. The molecule has 0 aromatic carbocycles. The van der Waals surface area contributed by atoms with Crippen molar-refractivity contribution in [3.05, 3.63) is 23.9 Å². The highest BCUT2D eigenvalue weighted by Crippen LogP contribution is 2.20. The van der Waals surface area contributed by atoms with Crippen LogP contribution >= 0.6 is 0 Å². The standard InChI is InChI=1S/C15H22N4/c1-12-4-3-5-15(18-12)17-10-14-7-9-19(11-14)13(2)6-8-16/h3-5,13-14H,6-7,9-11H2,1-2H3,(H,17,18)/t13-,14-/m0/s1. The molecule has 19 heavy (non-hydrogen) atoms. The van der Waals surface area contributed by atoms with Gasteiger partial charge in [-0.15, -0.1) is 0 Å².